The molecule has 0 aliphatic heterocycles. The third kappa shape index (κ3) is 4.48. The fourth-order valence-corrected chi connectivity index (χ4v) is 4.71. The van der Waals surface area contributed by atoms with Gasteiger partial charge in [-0.25, -0.2) is 9.78 Å². The van der Waals surface area contributed by atoms with Crippen molar-refractivity contribution in [1.82, 2.24) is 4.98 Å². The van der Waals surface area contributed by atoms with Gasteiger partial charge >= 0.3 is 18.1 Å². The van der Waals surface area contributed by atoms with Gasteiger partial charge in [0.2, 0.25) is 0 Å². The van der Waals surface area contributed by atoms with E-state index < -0.39 is 33.2 Å². The van der Waals surface area contributed by atoms with Crippen LogP contribution >= 0.6 is 23.1 Å². The molecule has 2 heterocycles. The van der Waals surface area contributed by atoms with Gasteiger partial charge in [0.1, 0.15) is 10.7 Å². The number of nitrogens with zero attached hydrogens (tertiary/aromatic N) is 2. The molecule has 0 saturated heterocycles. The van der Waals surface area contributed by atoms with Crippen LogP contribution in [0.4, 0.5) is 27.8 Å². The average Bonchev–Trinajstić information content (AvgIpc) is 3.37. The maximum Gasteiger partial charge on any atom is 0.458 e. The van der Waals surface area contributed by atoms with Gasteiger partial charge in [-0.15, -0.1) is 23.1 Å². The molecule has 2 N–H and O–H groups in total. The van der Waals surface area contributed by atoms with Gasteiger partial charge in [0.25, 0.3) is 0 Å². The fourth-order valence-electron chi connectivity index (χ4n) is 2.91. The summed E-state index contributed by atoms with van der Waals surface area (Å²) in [5.41, 5.74) is -0.00736. The van der Waals surface area contributed by atoms with Crippen molar-refractivity contribution in [3.8, 4) is 6.07 Å². The molecule has 1 fully saturated rings. The van der Waals surface area contributed by atoms with E-state index in [1.807, 2.05) is 6.92 Å². The molecule has 12 heteroatoms. The lowest BCUT2D eigenvalue weighted by Crippen LogP contribution is -2.32. The van der Waals surface area contributed by atoms with Crippen molar-refractivity contribution >= 4 is 34.9 Å². The summed E-state index contributed by atoms with van der Waals surface area (Å²) in [6, 6.07) is 4.63. The van der Waals surface area contributed by atoms with E-state index in [2.05, 4.69) is 16.4 Å². The van der Waals surface area contributed by atoms with Crippen LogP contribution in [0.15, 0.2) is 23.2 Å². The summed E-state index contributed by atoms with van der Waals surface area (Å²) in [7, 11) is 0. The first-order chi connectivity index (χ1) is 14.4. The monoisotopic (exact) mass is 477 g/mol. The van der Waals surface area contributed by atoms with Crippen LogP contribution in [-0.4, -0.2) is 28.0 Å². The van der Waals surface area contributed by atoms with Crippen LogP contribution in [0.25, 0.3) is 0 Å². The molecule has 0 amide bonds. The van der Waals surface area contributed by atoms with Crippen molar-refractivity contribution in [2.24, 2.45) is 0 Å². The van der Waals surface area contributed by atoms with Crippen LogP contribution < -0.4 is 5.32 Å². The second-order valence-corrected chi connectivity index (χ2v) is 9.25. The molecule has 0 atom stereocenters. The highest BCUT2D eigenvalue weighted by molar-refractivity contribution is 7.99. The van der Waals surface area contributed by atoms with Gasteiger partial charge in [-0.05, 0) is 41.9 Å². The van der Waals surface area contributed by atoms with E-state index in [0.29, 0.717) is 22.5 Å². The Labute approximate surface area is 182 Å². The van der Waals surface area contributed by atoms with Crippen LogP contribution in [0, 0.1) is 11.3 Å². The molecule has 0 bridgehead atoms. The van der Waals surface area contributed by atoms with Gasteiger partial charge < -0.3 is 10.4 Å². The summed E-state index contributed by atoms with van der Waals surface area (Å²) in [5, 5.41) is 21.4. The Hall–Kier alpha value is -2.39. The van der Waals surface area contributed by atoms with E-state index in [9.17, 15) is 37.1 Å². The maximum absolute atomic E-state index is 13.7. The number of thioether (sulfide) groups is 1. The molecule has 0 unspecified atom stereocenters. The van der Waals surface area contributed by atoms with Crippen molar-refractivity contribution in [2.75, 3.05) is 11.1 Å². The van der Waals surface area contributed by atoms with E-state index in [0.717, 1.165) is 18.4 Å². The highest BCUT2D eigenvalue weighted by Crippen LogP contribution is 2.49. The standard InChI is InChI=1S/C19H16F5N3O2S2/c1-2-30-12-6-11(17(9-25)3-4-17)8-27-15(12)26-7-10-5-13(31-14(10)16(28)29)18(20,21)19(22,23)24/h5-6,8H,2-4,7H2,1H3,(H,26,27)(H,28,29). The summed E-state index contributed by atoms with van der Waals surface area (Å²) in [5.74, 6) is -5.75. The first-order valence-electron chi connectivity index (χ1n) is 9.04. The van der Waals surface area contributed by atoms with Gasteiger partial charge in [-0.1, -0.05) is 6.92 Å². The van der Waals surface area contributed by atoms with Crippen molar-refractivity contribution in [2.45, 2.75) is 48.7 Å². The first kappa shape index (κ1) is 23.3. The Morgan fingerprint density at radius 2 is 2.03 bits per heavy atom. The Balaban J connectivity index is 1.89. The number of alkyl halides is 5. The average molecular weight is 477 g/mol. The zero-order valence-corrected chi connectivity index (χ0v) is 17.6. The molecule has 166 valence electrons. The van der Waals surface area contributed by atoms with E-state index in [1.54, 1.807) is 6.07 Å². The minimum atomic E-state index is -5.83. The third-order valence-corrected chi connectivity index (χ3v) is 6.93. The number of hydrogen-bond donors (Lipinski definition) is 2. The van der Waals surface area contributed by atoms with Crippen LogP contribution in [0.5, 0.6) is 0 Å². The Bertz CT molecular complexity index is 1040. The molecule has 1 aliphatic carbocycles. The number of carboxylic acids is 1. The largest absolute Gasteiger partial charge is 0.477 e. The number of carboxylic acid groups (broad SMARTS) is 1. The van der Waals surface area contributed by atoms with Crippen LogP contribution in [-0.2, 0) is 17.9 Å². The lowest BCUT2D eigenvalue weighted by molar-refractivity contribution is -0.287. The van der Waals surface area contributed by atoms with E-state index in [-0.39, 0.29) is 23.4 Å². The first-order valence-corrected chi connectivity index (χ1v) is 10.8. The topological polar surface area (TPSA) is 86.0 Å². The molecule has 0 spiro atoms. The zero-order chi connectivity index (χ0) is 23.0. The molecular weight excluding hydrogens is 461 g/mol. The molecule has 1 aliphatic rings. The number of aromatic nitrogens is 1. The van der Waals surface area contributed by atoms with Crippen molar-refractivity contribution in [3.63, 3.8) is 0 Å². The number of anilines is 1. The van der Waals surface area contributed by atoms with E-state index in [1.165, 1.54) is 18.0 Å². The molecule has 0 aromatic carbocycles. The molecule has 0 radical (unpaired) electrons. The number of aromatic carboxylic acids is 1. The van der Waals surface area contributed by atoms with Gasteiger partial charge in [0.05, 0.1) is 21.3 Å². The Kier molecular flexibility index (Phi) is 6.21. The molecule has 1 saturated carbocycles. The summed E-state index contributed by atoms with van der Waals surface area (Å²) in [6.45, 7) is 1.59. The lowest BCUT2D eigenvalue weighted by atomic mass is 10.00. The van der Waals surface area contributed by atoms with Crippen molar-refractivity contribution in [3.05, 3.63) is 39.2 Å². The zero-order valence-electron chi connectivity index (χ0n) is 16.0. The number of nitrogens with one attached hydrogen (secondary N) is 1. The molecule has 31 heavy (non-hydrogen) atoms. The number of carbonyl (C=O) groups is 1. The molecule has 2 aromatic rings. The van der Waals surface area contributed by atoms with Crippen LogP contribution in [0.2, 0.25) is 0 Å². The van der Waals surface area contributed by atoms with Crippen molar-refractivity contribution in [1.29, 1.82) is 5.26 Å². The maximum atomic E-state index is 13.7. The molecule has 3 rings (SSSR count). The van der Waals surface area contributed by atoms with E-state index >= 15 is 0 Å². The number of halogens is 5. The van der Waals surface area contributed by atoms with Gasteiger partial charge in [-0.2, -0.15) is 27.2 Å². The van der Waals surface area contributed by atoms with Crippen LogP contribution in [0.1, 0.15) is 45.4 Å². The minimum Gasteiger partial charge on any atom is -0.477 e. The predicted octanol–water partition coefficient (Wildman–Crippen LogP) is 5.77. The van der Waals surface area contributed by atoms with Gasteiger partial charge in [0, 0.05) is 12.7 Å². The Morgan fingerprint density at radius 1 is 1.35 bits per heavy atom. The summed E-state index contributed by atoms with van der Waals surface area (Å²) in [6.07, 6.45) is -2.87. The summed E-state index contributed by atoms with van der Waals surface area (Å²) in [4.78, 5) is 14.4. The fraction of sp³-hybridized carbons (Fsp3) is 0.421. The van der Waals surface area contributed by atoms with Crippen LogP contribution in [0.3, 0.4) is 0 Å². The second kappa shape index (κ2) is 8.27. The van der Waals surface area contributed by atoms with Gasteiger partial charge in [-0.3, -0.25) is 0 Å². The molecule has 2 aromatic heterocycles. The third-order valence-electron chi connectivity index (χ3n) is 4.78. The normalized spacial score (nSPS) is 15.4. The second-order valence-electron chi connectivity index (χ2n) is 6.89. The SMILES string of the molecule is CCSc1cc(C2(C#N)CC2)cnc1NCc1cc(C(F)(F)C(F)(F)F)sc1C(=O)O. The predicted molar refractivity (Wildman–Crippen MR) is 106 cm³/mol. The summed E-state index contributed by atoms with van der Waals surface area (Å²) < 4.78 is 65.4. The Morgan fingerprint density at radius 3 is 2.55 bits per heavy atom. The number of hydrogen-bond acceptors (Lipinski definition) is 6. The smallest absolute Gasteiger partial charge is 0.458 e. The quantitative estimate of drug-likeness (QED) is 0.371. The number of rotatable bonds is 8. The molecular formula is C19H16F5N3O2S2. The van der Waals surface area contributed by atoms with Gasteiger partial charge in [0.15, 0.2) is 0 Å². The molecule has 5 nitrogen and oxygen atoms in total. The highest BCUT2D eigenvalue weighted by atomic mass is 32.2. The number of nitriles is 1. The lowest BCUT2D eigenvalue weighted by Gasteiger charge is -2.17. The number of thiophene rings is 1. The minimum absolute atomic E-state index is 0.103. The highest BCUT2D eigenvalue weighted by Gasteiger charge is 2.60. The summed E-state index contributed by atoms with van der Waals surface area (Å²) >= 11 is 1.31. The van der Waals surface area contributed by atoms with E-state index in [4.69, 9.17) is 0 Å². The number of pyridine rings is 1. The van der Waals surface area contributed by atoms with Crippen molar-refractivity contribution < 1.29 is 31.9 Å².